The molecular weight excluding hydrogens is 265 g/mol. The average Bonchev–Trinajstić information content (AvgIpc) is 2.49. The van der Waals surface area contributed by atoms with Crippen molar-refractivity contribution in [2.45, 2.75) is 52.0 Å². The highest BCUT2D eigenvalue weighted by Gasteiger charge is 2.13. The third kappa shape index (κ3) is 7.53. The topological polar surface area (TPSA) is 28.2 Å². The molecule has 0 spiro atoms. The van der Waals surface area contributed by atoms with Crippen LogP contribution in [0, 0.1) is 5.82 Å². The molecule has 1 unspecified atom stereocenters. The Morgan fingerprint density at radius 3 is 2.62 bits per heavy atom. The van der Waals surface area contributed by atoms with Gasteiger partial charge in [-0.25, -0.2) is 4.39 Å². The van der Waals surface area contributed by atoms with Crippen LogP contribution in [0.5, 0.6) is 0 Å². The lowest BCUT2D eigenvalue weighted by Gasteiger charge is -2.22. The lowest BCUT2D eigenvalue weighted by Crippen LogP contribution is -2.29. The zero-order valence-corrected chi connectivity index (χ0v) is 13.7. The first-order valence-corrected chi connectivity index (χ1v) is 8.20. The first-order valence-electron chi connectivity index (χ1n) is 8.20. The van der Waals surface area contributed by atoms with Crippen molar-refractivity contribution >= 4 is 0 Å². The monoisotopic (exact) mass is 295 g/mol. The summed E-state index contributed by atoms with van der Waals surface area (Å²) in [6.45, 7) is 7.52. The highest BCUT2D eigenvalue weighted by molar-refractivity contribution is 5.10. The highest BCUT2D eigenvalue weighted by atomic mass is 19.1. The van der Waals surface area contributed by atoms with Crippen molar-refractivity contribution in [2.75, 3.05) is 26.7 Å². The van der Waals surface area contributed by atoms with Crippen LogP contribution in [0.25, 0.3) is 0 Å². The zero-order valence-electron chi connectivity index (χ0n) is 13.7. The van der Waals surface area contributed by atoms with Gasteiger partial charge in [0.15, 0.2) is 0 Å². The maximum Gasteiger partial charge on any atom is 0.141 e. The Bertz CT molecular complexity index is 367. The zero-order chi connectivity index (χ0) is 15.5. The number of nitrogens with zero attached hydrogens (tertiary/aromatic N) is 2. The van der Waals surface area contributed by atoms with Crippen molar-refractivity contribution in [2.24, 2.45) is 0 Å². The molecular formula is C17H30FN3. The predicted molar refractivity (Wildman–Crippen MR) is 86.9 cm³/mol. The number of pyridine rings is 1. The second kappa shape index (κ2) is 10.7. The molecule has 1 aromatic heterocycles. The number of unbranched alkanes of at least 4 members (excludes halogenated alkanes) is 2. The predicted octanol–water partition coefficient (Wildman–Crippen LogP) is 3.77. The smallest absolute Gasteiger partial charge is 0.141 e. The standard InChI is InChI=1S/C17H30FN3/c1-4-6-7-12-21(3)13-10-17(19-11-5-2)16-9-8-15(18)14-20-16/h8-9,14,17,19H,4-7,10-13H2,1-3H3. The molecule has 0 amide bonds. The van der Waals surface area contributed by atoms with Crippen molar-refractivity contribution in [1.82, 2.24) is 15.2 Å². The lowest BCUT2D eigenvalue weighted by molar-refractivity contribution is 0.299. The van der Waals surface area contributed by atoms with Crippen LogP contribution in [-0.2, 0) is 0 Å². The molecule has 120 valence electrons. The van der Waals surface area contributed by atoms with Gasteiger partial charge in [0.25, 0.3) is 0 Å². The molecule has 4 heteroatoms. The van der Waals surface area contributed by atoms with E-state index in [1.165, 1.54) is 31.5 Å². The Labute approximate surface area is 129 Å². The molecule has 1 heterocycles. The van der Waals surface area contributed by atoms with E-state index in [9.17, 15) is 4.39 Å². The molecule has 0 radical (unpaired) electrons. The summed E-state index contributed by atoms with van der Waals surface area (Å²) >= 11 is 0. The molecule has 0 saturated heterocycles. The summed E-state index contributed by atoms with van der Waals surface area (Å²) in [5.74, 6) is -0.273. The molecule has 1 atom stereocenters. The molecule has 1 rings (SSSR count). The quantitative estimate of drug-likeness (QED) is 0.630. The fourth-order valence-corrected chi connectivity index (χ4v) is 2.36. The Balaban J connectivity index is 2.47. The average molecular weight is 295 g/mol. The summed E-state index contributed by atoms with van der Waals surface area (Å²) in [6.07, 6.45) is 7.20. The summed E-state index contributed by atoms with van der Waals surface area (Å²) in [6, 6.07) is 3.49. The third-order valence-corrected chi connectivity index (χ3v) is 3.69. The van der Waals surface area contributed by atoms with E-state index in [0.29, 0.717) is 0 Å². The highest BCUT2D eigenvalue weighted by Crippen LogP contribution is 2.15. The number of aromatic nitrogens is 1. The molecule has 1 aromatic rings. The second-order valence-corrected chi connectivity index (χ2v) is 5.71. The van der Waals surface area contributed by atoms with Crippen molar-refractivity contribution < 1.29 is 4.39 Å². The summed E-state index contributed by atoms with van der Waals surface area (Å²) in [5.41, 5.74) is 0.937. The van der Waals surface area contributed by atoms with Crippen LogP contribution in [-0.4, -0.2) is 36.6 Å². The van der Waals surface area contributed by atoms with Crippen molar-refractivity contribution in [3.8, 4) is 0 Å². The molecule has 21 heavy (non-hydrogen) atoms. The summed E-state index contributed by atoms with van der Waals surface area (Å²) in [4.78, 5) is 6.60. The van der Waals surface area contributed by atoms with E-state index in [0.717, 1.165) is 38.2 Å². The van der Waals surface area contributed by atoms with Gasteiger partial charge in [-0.2, -0.15) is 0 Å². The minimum atomic E-state index is -0.273. The molecule has 0 aromatic carbocycles. The van der Waals surface area contributed by atoms with Gasteiger partial charge in [0.05, 0.1) is 17.9 Å². The van der Waals surface area contributed by atoms with Crippen LogP contribution in [0.2, 0.25) is 0 Å². The van der Waals surface area contributed by atoms with Gasteiger partial charge in [0, 0.05) is 0 Å². The molecule has 3 nitrogen and oxygen atoms in total. The Morgan fingerprint density at radius 2 is 2.00 bits per heavy atom. The van der Waals surface area contributed by atoms with Gasteiger partial charge in [-0.1, -0.05) is 26.7 Å². The van der Waals surface area contributed by atoms with E-state index in [4.69, 9.17) is 0 Å². The van der Waals surface area contributed by atoms with E-state index in [2.05, 4.69) is 36.1 Å². The van der Waals surface area contributed by atoms with Crippen LogP contribution in [0.3, 0.4) is 0 Å². The fraction of sp³-hybridized carbons (Fsp3) is 0.706. The SMILES string of the molecule is CCCCCN(C)CCC(NCCC)c1ccc(F)cn1. The van der Waals surface area contributed by atoms with E-state index in [1.54, 1.807) is 6.07 Å². The van der Waals surface area contributed by atoms with E-state index in [1.807, 2.05) is 0 Å². The summed E-state index contributed by atoms with van der Waals surface area (Å²) in [5, 5.41) is 3.52. The third-order valence-electron chi connectivity index (χ3n) is 3.69. The maximum absolute atomic E-state index is 13.0. The lowest BCUT2D eigenvalue weighted by atomic mass is 10.1. The van der Waals surface area contributed by atoms with E-state index >= 15 is 0 Å². The number of hydrogen-bond donors (Lipinski definition) is 1. The minimum Gasteiger partial charge on any atom is -0.309 e. The summed E-state index contributed by atoms with van der Waals surface area (Å²) < 4.78 is 13.0. The summed E-state index contributed by atoms with van der Waals surface area (Å²) in [7, 11) is 2.17. The number of halogens is 1. The number of rotatable bonds is 11. The maximum atomic E-state index is 13.0. The molecule has 0 aliphatic rings. The van der Waals surface area contributed by atoms with Crippen LogP contribution >= 0.6 is 0 Å². The molecule has 0 fully saturated rings. The largest absolute Gasteiger partial charge is 0.309 e. The Morgan fingerprint density at radius 1 is 1.19 bits per heavy atom. The first-order chi connectivity index (χ1) is 10.2. The minimum absolute atomic E-state index is 0.208. The van der Waals surface area contributed by atoms with E-state index < -0.39 is 0 Å². The van der Waals surface area contributed by atoms with Crippen LogP contribution in [0.1, 0.15) is 57.7 Å². The van der Waals surface area contributed by atoms with Gasteiger partial charge >= 0.3 is 0 Å². The van der Waals surface area contributed by atoms with Crippen molar-refractivity contribution in [3.63, 3.8) is 0 Å². The number of nitrogens with one attached hydrogen (secondary N) is 1. The van der Waals surface area contributed by atoms with Crippen molar-refractivity contribution in [3.05, 3.63) is 29.8 Å². The Kier molecular flexibility index (Phi) is 9.19. The van der Waals surface area contributed by atoms with Gasteiger partial charge in [-0.3, -0.25) is 4.98 Å². The van der Waals surface area contributed by atoms with Gasteiger partial charge < -0.3 is 10.2 Å². The first kappa shape index (κ1) is 18.1. The number of hydrogen-bond acceptors (Lipinski definition) is 3. The van der Waals surface area contributed by atoms with Gasteiger partial charge in [-0.15, -0.1) is 0 Å². The van der Waals surface area contributed by atoms with Gasteiger partial charge in [0.1, 0.15) is 5.82 Å². The molecule has 0 saturated carbocycles. The van der Waals surface area contributed by atoms with Gasteiger partial charge in [-0.05, 0) is 58.1 Å². The molecule has 0 bridgehead atoms. The Hall–Kier alpha value is -1.00. The second-order valence-electron chi connectivity index (χ2n) is 5.71. The van der Waals surface area contributed by atoms with Gasteiger partial charge in [0.2, 0.25) is 0 Å². The van der Waals surface area contributed by atoms with Crippen molar-refractivity contribution in [1.29, 1.82) is 0 Å². The molecule has 0 aliphatic carbocycles. The van der Waals surface area contributed by atoms with Crippen LogP contribution < -0.4 is 5.32 Å². The van der Waals surface area contributed by atoms with Crippen LogP contribution in [0.4, 0.5) is 4.39 Å². The molecule has 0 aliphatic heterocycles. The fourth-order valence-electron chi connectivity index (χ4n) is 2.36. The molecule has 1 N–H and O–H groups in total. The van der Waals surface area contributed by atoms with E-state index in [-0.39, 0.29) is 11.9 Å². The normalized spacial score (nSPS) is 12.8. The van der Waals surface area contributed by atoms with Crippen LogP contribution in [0.15, 0.2) is 18.3 Å².